The number of rotatable bonds is 6. The maximum absolute atomic E-state index is 11.8. The highest BCUT2D eigenvalue weighted by Crippen LogP contribution is 2.20. The van der Waals surface area contributed by atoms with E-state index in [4.69, 9.17) is 0 Å². The van der Waals surface area contributed by atoms with Crippen molar-refractivity contribution >= 4 is 17.7 Å². The summed E-state index contributed by atoms with van der Waals surface area (Å²) < 4.78 is 1.66. The molecule has 0 unspecified atom stereocenters. The molecule has 0 saturated heterocycles. The number of aromatic nitrogens is 4. The van der Waals surface area contributed by atoms with Crippen molar-refractivity contribution in [3.8, 4) is 5.69 Å². The van der Waals surface area contributed by atoms with E-state index in [-0.39, 0.29) is 11.9 Å². The predicted octanol–water partition coefficient (Wildman–Crippen LogP) is 1.98. The van der Waals surface area contributed by atoms with E-state index >= 15 is 0 Å². The molecule has 1 N–H and O–H groups in total. The topological polar surface area (TPSA) is 72.7 Å². The van der Waals surface area contributed by atoms with Crippen LogP contribution in [-0.2, 0) is 4.79 Å². The SMILES string of the molecule is CC[C@H](C)NC(=O)CSc1nnnn1-c1ccccc1C. The van der Waals surface area contributed by atoms with Crippen LogP contribution in [0.4, 0.5) is 0 Å². The summed E-state index contributed by atoms with van der Waals surface area (Å²) in [7, 11) is 0. The standard InChI is InChI=1S/C14H19N5OS/c1-4-11(3)15-13(20)9-21-14-16-17-18-19(14)12-8-6-5-7-10(12)2/h5-8,11H,4,9H2,1-3H3,(H,15,20)/t11-/m0/s1. The number of nitrogens with one attached hydrogen (secondary N) is 1. The number of carbonyl (C=O) groups is 1. The average Bonchev–Trinajstić information content (AvgIpc) is 2.93. The van der Waals surface area contributed by atoms with E-state index in [2.05, 4.69) is 20.8 Å². The van der Waals surface area contributed by atoms with Gasteiger partial charge in [-0.1, -0.05) is 36.9 Å². The molecule has 0 aliphatic carbocycles. The molecule has 0 aliphatic heterocycles. The summed E-state index contributed by atoms with van der Waals surface area (Å²) in [6.45, 7) is 6.03. The second kappa shape index (κ2) is 7.21. The number of thioether (sulfide) groups is 1. The molecule has 1 aromatic heterocycles. The third kappa shape index (κ3) is 4.04. The van der Waals surface area contributed by atoms with E-state index in [1.165, 1.54) is 11.8 Å². The molecule has 1 atom stereocenters. The number of tetrazole rings is 1. The fourth-order valence-corrected chi connectivity index (χ4v) is 2.46. The van der Waals surface area contributed by atoms with Gasteiger partial charge in [0.25, 0.3) is 0 Å². The van der Waals surface area contributed by atoms with E-state index in [1.807, 2.05) is 45.0 Å². The molecule has 21 heavy (non-hydrogen) atoms. The van der Waals surface area contributed by atoms with Gasteiger partial charge in [-0.05, 0) is 42.3 Å². The van der Waals surface area contributed by atoms with Crippen molar-refractivity contribution in [3.05, 3.63) is 29.8 Å². The van der Waals surface area contributed by atoms with Crippen LogP contribution in [0, 0.1) is 6.92 Å². The van der Waals surface area contributed by atoms with Crippen molar-refractivity contribution in [2.45, 2.75) is 38.4 Å². The van der Waals surface area contributed by atoms with Crippen molar-refractivity contribution in [3.63, 3.8) is 0 Å². The van der Waals surface area contributed by atoms with Gasteiger partial charge in [-0.3, -0.25) is 4.79 Å². The maximum atomic E-state index is 11.8. The van der Waals surface area contributed by atoms with Gasteiger partial charge >= 0.3 is 0 Å². The third-order valence-electron chi connectivity index (χ3n) is 3.14. The molecule has 0 aliphatic rings. The lowest BCUT2D eigenvalue weighted by atomic mass is 10.2. The van der Waals surface area contributed by atoms with Crippen LogP contribution in [0.3, 0.4) is 0 Å². The van der Waals surface area contributed by atoms with Gasteiger partial charge in [-0.2, -0.15) is 4.68 Å². The first kappa shape index (κ1) is 15.5. The Labute approximate surface area is 128 Å². The zero-order valence-corrected chi connectivity index (χ0v) is 13.2. The fourth-order valence-electron chi connectivity index (χ4n) is 1.77. The Hall–Kier alpha value is -1.89. The molecule has 2 aromatic rings. The van der Waals surface area contributed by atoms with Gasteiger partial charge in [0.05, 0.1) is 11.4 Å². The summed E-state index contributed by atoms with van der Waals surface area (Å²) in [5, 5.41) is 15.2. The Balaban J connectivity index is 2.05. The van der Waals surface area contributed by atoms with Gasteiger partial charge in [0.1, 0.15) is 0 Å². The number of benzene rings is 1. The molecule has 112 valence electrons. The van der Waals surface area contributed by atoms with Crippen LogP contribution in [0.15, 0.2) is 29.4 Å². The first-order valence-electron chi connectivity index (χ1n) is 6.88. The van der Waals surface area contributed by atoms with Gasteiger partial charge in [0, 0.05) is 6.04 Å². The van der Waals surface area contributed by atoms with E-state index < -0.39 is 0 Å². The summed E-state index contributed by atoms with van der Waals surface area (Å²) in [6, 6.07) is 8.05. The first-order chi connectivity index (χ1) is 10.1. The Morgan fingerprint density at radius 3 is 2.90 bits per heavy atom. The van der Waals surface area contributed by atoms with Crippen molar-refractivity contribution in [2.75, 3.05) is 5.75 Å². The Morgan fingerprint density at radius 2 is 2.19 bits per heavy atom. The maximum Gasteiger partial charge on any atom is 0.230 e. The summed E-state index contributed by atoms with van der Waals surface area (Å²) in [6.07, 6.45) is 0.914. The van der Waals surface area contributed by atoms with E-state index in [1.54, 1.807) is 4.68 Å². The second-order valence-corrected chi connectivity index (χ2v) is 5.77. The molecule has 0 fully saturated rings. The summed E-state index contributed by atoms with van der Waals surface area (Å²) in [5.41, 5.74) is 2.00. The Morgan fingerprint density at radius 1 is 1.43 bits per heavy atom. The number of hydrogen-bond acceptors (Lipinski definition) is 5. The number of carbonyl (C=O) groups excluding carboxylic acids is 1. The van der Waals surface area contributed by atoms with Gasteiger partial charge in [-0.15, -0.1) is 5.10 Å². The lowest BCUT2D eigenvalue weighted by molar-refractivity contribution is -0.119. The minimum absolute atomic E-state index is 0.00585. The molecule has 0 spiro atoms. The Kier molecular flexibility index (Phi) is 5.32. The van der Waals surface area contributed by atoms with Crippen molar-refractivity contribution in [2.24, 2.45) is 0 Å². The van der Waals surface area contributed by atoms with Gasteiger partial charge in [0.2, 0.25) is 11.1 Å². The number of hydrogen-bond donors (Lipinski definition) is 1. The normalized spacial score (nSPS) is 12.1. The highest BCUT2D eigenvalue weighted by atomic mass is 32.2. The van der Waals surface area contributed by atoms with Crippen LogP contribution in [0.25, 0.3) is 5.69 Å². The third-order valence-corrected chi connectivity index (χ3v) is 4.06. The average molecular weight is 305 g/mol. The molecule has 1 heterocycles. The molecule has 1 aromatic carbocycles. The monoisotopic (exact) mass is 305 g/mol. The lowest BCUT2D eigenvalue weighted by Gasteiger charge is -2.11. The highest BCUT2D eigenvalue weighted by Gasteiger charge is 2.13. The Bertz CT molecular complexity index is 613. The summed E-state index contributed by atoms with van der Waals surface area (Å²) in [4.78, 5) is 11.8. The second-order valence-electron chi connectivity index (χ2n) is 4.83. The zero-order chi connectivity index (χ0) is 15.2. The van der Waals surface area contributed by atoms with Crippen molar-refractivity contribution in [1.29, 1.82) is 0 Å². The largest absolute Gasteiger partial charge is 0.353 e. The van der Waals surface area contributed by atoms with Gasteiger partial charge in [-0.25, -0.2) is 0 Å². The molecule has 1 amide bonds. The number of nitrogens with zero attached hydrogens (tertiary/aromatic N) is 4. The molecule has 6 nitrogen and oxygen atoms in total. The smallest absolute Gasteiger partial charge is 0.230 e. The quantitative estimate of drug-likeness (QED) is 0.826. The van der Waals surface area contributed by atoms with E-state index in [0.717, 1.165) is 17.7 Å². The highest BCUT2D eigenvalue weighted by molar-refractivity contribution is 7.99. The van der Waals surface area contributed by atoms with Crippen LogP contribution < -0.4 is 5.32 Å². The molecule has 0 bridgehead atoms. The molecule has 7 heteroatoms. The molecule has 2 rings (SSSR count). The zero-order valence-electron chi connectivity index (χ0n) is 12.4. The fraction of sp³-hybridized carbons (Fsp3) is 0.429. The number of para-hydroxylation sites is 1. The molecular weight excluding hydrogens is 286 g/mol. The molecular formula is C14H19N5OS. The number of aryl methyl sites for hydroxylation is 1. The van der Waals surface area contributed by atoms with E-state index in [9.17, 15) is 4.79 Å². The minimum Gasteiger partial charge on any atom is -0.353 e. The van der Waals surface area contributed by atoms with Crippen LogP contribution in [-0.4, -0.2) is 37.9 Å². The van der Waals surface area contributed by atoms with E-state index in [0.29, 0.717) is 10.9 Å². The summed E-state index contributed by atoms with van der Waals surface area (Å²) >= 11 is 1.33. The van der Waals surface area contributed by atoms with Crippen LogP contribution in [0.5, 0.6) is 0 Å². The van der Waals surface area contributed by atoms with Crippen molar-refractivity contribution in [1.82, 2.24) is 25.5 Å². The van der Waals surface area contributed by atoms with Gasteiger partial charge < -0.3 is 5.32 Å². The molecule has 0 radical (unpaired) electrons. The van der Waals surface area contributed by atoms with Crippen LogP contribution >= 0.6 is 11.8 Å². The minimum atomic E-state index is -0.00585. The van der Waals surface area contributed by atoms with Crippen LogP contribution in [0.1, 0.15) is 25.8 Å². The molecule has 0 saturated carbocycles. The predicted molar refractivity (Wildman–Crippen MR) is 82.5 cm³/mol. The number of amides is 1. The van der Waals surface area contributed by atoms with Crippen LogP contribution in [0.2, 0.25) is 0 Å². The van der Waals surface area contributed by atoms with Gasteiger partial charge in [0.15, 0.2) is 0 Å². The van der Waals surface area contributed by atoms with Crippen molar-refractivity contribution < 1.29 is 4.79 Å². The first-order valence-corrected chi connectivity index (χ1v) is 7.87. The lowest BCUT2D eigenvalue weighted by Crippen LogP contribution is -2.33. The summed E-state index contributed by atoms with van der Waals surface area (Å²) in [5.74, 6) is 0.296.